The Kier molecular flexibility index (Phi) is 4.96. The van der Waals surface area contributed by atoms with Crippen molar-refractivity contribution in [3.05, 3.63) is 54.1 Å². The zero-order valence-electron chi connectivity index (χ0n) is 14.3. The average Bonchev–Trinajstić information content (AvgIpc) is 2.60. The van der Waals surface area contributed by atoms with Gasteiger partial charge in [0.2, 0.25) is 0 Å². The van der Waals surface area contributed by atoms with Crippen molar-refractivity contribution in [2.75, 3.05) is 5.32 Å². The van der Waals surface area contributed by atoms with Gasteiger partial charge in [-0.3, -0.25) is 9.11 Å². The Bertz CT molecular complexity index is 1360. The Morgan fingerprint density at radius 2 is 1.45 bits per heavy atom. The van der Waals surface area contributed by atoms with Crippen LogP contribution in [0.1, 0.15) is 10.4 Å². The van der Waals surface area contributed by atoms with Crippen LogP contribution in [0.2, 0.25) is 0 Å². The number of aromatic hydroxyl groups is 1. The molecule has 0 amide bonds. The zero-order valence-corrected chi connectivity index (χ0v) is 15.9. The van der Waals surface area contributed by atoms with Crippen LogP contribution in [0, 0.1) is 0 Å². The quantitative estimate of drug-likeness (QED) is 0.371. The molecule has 0 aliphatic rings. The molecule has 0 saturated heterocycles. The SMILES string of the molecule is O=C(O)c1ccc(Nc2ccc3cc(S(=O)(=O)O)cc(O)c3c2)cc1S(=O)(=O)O. The van der Waals surface area contributed by atoms with Crippen molar-refractivity contribution >= 4 is 48.4 Å². The minimum absolute atomic E-state index is 0.135. The summed E-state index contributed by atoms with van der Waals surface area (Å²) < 4.78 is 63.8. The molecule has 0 unspecified atom stereocenters. The average molecular weight is 439 g/mol. The van der Waals surface area contributed by atoms with Crippen LogP contribution in [0.3, 0.4) is 0 Å². The summed E-state index contributed by atoms with van der Waals surface area (Å²) in [5.74, 6) is -1.95. The number of anilines is 2. The molecule has 0 aliphatic carbocycles. The molecule has 3 rings (SSSR count). The molecule has 0 heterocycles. The fourth-order valence-corrected chi connectivity index (χ4v) is 3.94. The molecule has 0 bridgehead atoms. The third kappa shape index (κ3) is 4.30. The molecule has 10 nitrogen and oxygen atoms in total. The Balaban J connectivity index is 2.05. The first-order valence-electron chi connectivity index (χ1n) is 7.72. The molecule has 5 N–H and O–H groups in total. The molecule has 0 saturated carbocycles. The number of phenols is 1. The van der Waals surface area contributed by atoms with Gasteiger partial charge in [0, 0.05) is 22.8 Å². The first kappa shape index (κ1) is 20.5. The molecule has 3 aromatic rings. The van der Waals surface area contributed by atoms with Gasteiger partial charge in [-0.25, -0.2) is 4.79 Å². The van der Waals surface area contributed by atoms with E-state index in [1.807, 2.05) is 0 Å². The maximum Gasteiger partial charge on any atom is 0.337 e. The Hall–Kier alpha value is -3.19. The van der Waals surface area contributed by atoms with E-state index in [-0.39, 0.29) is 11.1 Å². The van der Waals surface area contributed by atoms with Crippen LogP contribution in [-0.4, -0.2) is 42.1 Å². The van der Waals surface area contributed by atoms with Crippen molar-refractivity contribution in [3.63, 3.8) is 0 Å². The lowest BCUT2D eigenvalue weighted by atomic mass is 10.1. The predicted molar refractivity (Wildman–Crippen MR) is 102 cm³/mol. The van der Waals surface area contributed by atoms with Crippen LogP contribution in [-0.2, 0) is 20.2 Å². The minimum atomic E-state index is -4.79. The highest BCUT2D eigenvalue weighted by atomic mass is 32.2. The first-order chi connectivity index (χ1) is 13.4. The van der Waals surface area contributed by atoms with Gasteiger partial charge in [-0.05, 0) is 41.8 Å². The molecule has 0 aliphatic heterocycles. The standard InChI is InChI=1S/C17H13NO9S2/c19-15-8-12(28(22,23)24)5-9-1-2-10(6-14(9)15)18-11-3-4-13(17(20)21)16(7-11)29(25,26)27/h1-8,18-19H,(H,20,21)(H,22,23,24)(H,25,26,27). The summed E-state index contributed by atoms with van der Waals surface area (Å²) in [6, 6.07) is 9.61. The number of nitrogens with one attached hydrogen (secondary N) is 1. The Labute approximate surface area is 164 Å². The van der Waals surface area contributed by atoms with Gasteiger partial charge in [0.15, 0.2) is 0 Å². The smallest absolute Gasteiger partial charge is 0.337 e. The second-order valence-corrected chi connectivity index (χ2v) is 8.78. The normalized spacial score (nSPS) is 12.1. The lowest BCUT2D eigenvalue weighted by Crippen LogP contribution is -2.08. The molecule has 0 spiro atoms. The van der Waals surface area contributed by atoms with Crippen LogP contribution in [0.15, 0.2) is 58.3 Å². The molecule has 3 aromatic carbocycles. The number of hydrogen-bond donors (Lipinski definition) is 5. The van der Waals surface area contributed by atoms with Gasteiger partial charge in [-0.15, -0.1) is 0 Å². The minimum Gasteiger partial charge on any atom is -0.507 e. The summed E-state index contributed by atoms with van der Waals surface area (Å²) in [5.41, 5.74) is -0.125. The summed E-state index contributed by atoms with van der Waals surface area (Å²) in [7, 11) is -9.30. The number of phenolic OH excluding ortho intramolecular Hbond substituents is 1. The van der Waals surface area contributed by atoms with Gasteiger partial charge in [0.05, 0.1) is 10.5 Å². The molecular weight excluding hydrogens is 426 g/mol. The highest BCUT2D eigenvalue weighted by Crippen LogP contribution is 2.32. The molecule has 0 fully saturated rings. The second kappa shape index (κ2) is 7.00. The highest BCUT2D eigenvalue weighted by Gasteiger charge is 2.21. The van der Waals surface area contributed by atoms with E-state index in [1.165, 1.54) is 24.3 Å². The number of carbonyl (C=O) groups is 1. The summed E-state index contributed by atoms with van der Waals surface area (Å²) in [5, 5.41) is 22.5. The van der Waals surface area contributed by atoms with Crippen molar-refractivity contribution in [1.29, 1.82) is 0 Å². The van der Waals surface area contributed by atoms with E-state index in [1.54, 1.807) is 0 Å². The molecule has 0 aromatic heterocycles. The van der Waals surface area contributed by atoms with Crippen molar-refractivity contribution in [1.82, 2.24) is 0 Å². The molecular formula is C17H13NO9S2. The van der Waals surface area contributed by atoms with Gasteiger partial charge < -0.3 is 15.5 Å². The summed E-state index contributed by atoms with van der Waals surface area (Å²) >= 11 is 0. The number of aromatic carboxylic acids is 1. The first-order valence-corrected chi connectivity index (χ1v) is 10.6. The Morgan fingerprint density at radius 1 is 0.828 bits per heavy atom. The van der Waals surface area contributed by atoms with E-state index in [0.717, 1.165) is 24.3 Å². The molecule has 12 heteroatoms. The summed E-state index contributed by atoms with van der Waals surface area (Å²) in [6.45, 7) is 0. The number of rotatable bonds is 5. The van der Waals surface area contributed by atoms with Crippen LogP contribution < -0.4 is 5.32 Å². The van der Waals surface area contributed by atoms with Crippen LogP contribution in [0.5, 0.6) is 5.75 Å². The van der Waals surface area contributed by atoms with E-state index >= 15 is 0 Å². The summed E-state index contributed by atoms with van der Waals surface area (Å²) in [4.78, 5) is 9.86. The van der Waals surface area contributed by atoms with Crippen LogP contribution >= 0.6 is 0 Å². The van der Waals surface area contributed by atoms with E-state index in [9.17, 15) is 31.3 Å². The van der Waals surface area contributed by atoms with E-state index < -0.39 is 47.3 Å². The number of carboxylic acids is 1. The van der Waals surface area contributed by atoms with Crippen LogP contribution in [0.4, 0.5) is 11.4 Å². The van der Waals surface area contributed by atoms with Crippen molar-refractivity contribution in [2.24, 2.45) is 0 Å². The molecule has 29 heavy (non-hydrogen) atoms. The van der Waals surface area contributed by atoms with E-state index in [4.69, 9.17) is 9.66 Å². The summed E-state index contributed by atoms with van der Waals surface area (Å²) in [6.07, 6.45) is 0. The Morgan fingerprint density at radius 3 is 2.03 bits per heavy atom. The van der Waals surface area contributed by atoms with Gasteiger partial charge in [0.1, 0.15) is 10.6 Å². The molecule has 152 valence electrons. The fourth-order valence-electron chi connectivity index (χ4n) is 2.69. The number of hydrogen-bond acceptors (Lipinski definition) is 7. The van der Waals surface area contributed by atoms with Crippen LogP contribution in [0.25, 0.3) is 10.8 Å². The number of carboxylic acid groups (broad SMARTS) is 1. The fraction of sp³-hybridized carbons (Fsp3) is 0. The second-order valence-electron chi connectivity index (χ2n) is 5.97. The van der Waals surface area contributed by atoms with Crippen molar-refractivity contribution in [2.45, 2.75) is 9.79 Å². The van der Waals surface area contributed by atoms with Gasteiger partial charge in [0.25, 0.3) is 20.2 Å². The monoisotopic (exact) mass is 439 g/mol. The topological polar surface area (TPSA) is 178 Å². The highest BCUT2D eigenvalue weighted by molar-refractivity contribution is 7.86. The van der Waals surface area contributed by atoms with Crippen molar-refractivity contribution < 1.29 is 40.9 Å². The van der Waals surface area contributed by atoms with Gasteiger partial charge in [-0.2, -0.15) is 16.8 Å². The van der Waals surface area contributed by atoms with E-state index in [0.29, 0.717) is 11.1 Å². The van der Waals surface area contributed by atoms with Crippen molar-refractivity contribution in [3.8, 4) is 5.75 Å². The third-order valence-corrected chi connectivity index (χ3v) is 5.71. The third-order valence-electron chi connectivity index (χ3n) is 3.98. The maximum atomic E-state index is 11.5. The lowest BCUT2D eigenvalue weighted by molar-refractivity contribution is 0.0692. The largest absolute Gasteiger partial charge is 0.507 e. The predicted octanol–water partition coefficient (Wildman–Crippen LogP) is 2.48. The number of benzene rings is 3. The zero-order chi connectivity index (χ0) is 21.6. The molecule has 0 atom stereocenters. The number of fused-ring (bicyclic) bond motifs is 1. The van der Waals surface area contributed by atoms with E-state index in [2.05, 4.69) is 5.32 Å². The molecule has 0 radical (unpaired) electrons. The maximum absolute atomic E-state index is 11.5. The van der Waals surface area contributed by atoms with Gasteiger partial charge in [-0.1, -0.05) is 6.07 Å². The lowest BCUT2D eigenvalue weighted by Gasteiger charge is -2.11. The van der Waals surface area contributed by atoms with Gasteiger partial charge >= 0.3 is 5.97 Å².